The number of carbonyl (C=O) groups is 3. The number of allylic oxidation sites excluding steroid dienone is 2. The zero-order valence-corrected chi connectivity index (χ0v) is 55.7. The maximum absolute atomic E-state index is 15.7. The number of aliphatic hydroxyl groups excluding tert-OH is 16. The van der Waals surface area contributed by atoms with E-state index in [2.05, 4.69) is 40.7 Å². The van der Waals surface area contributed by atoms with E-state index in [-0.39, 0.29) is 25.2 Å². The highest BCUT2D eigenvalue weighted by atomic mass is 16.8. The monoisotopic (exact) mass is 1390 g/mol. The van der Waals surface area contributed by atoms with Crippen molar-refractivity contribution in [1.29, 1.82) is 0 Å². The van der Waals surface area contributed by atoms with Gasteiger partial charge in [0, 0.05) is 5.41 Å². The third-order valence-corrected chi connectivity index (χ3v) is 24.7. The van der Waals surface area contributed by atoms with E-state index in [9.17, 15) is 96.4 Å². The van der Waals surface area contributed by atoms with Crippen LogP contribution in [0.5, 0.6) is 0 Å². The van der Waals surface area contributed by atoms with Crippen molar-refractivity contribution >= 4 is 17.9 Å². The van der Waals surface area contributed by atoms with E-state index < -0.39 is 279 Å². The Morgan fingerprint density at radius 1 is 0.557 bits per heavy atom. The molecular formula is C65H102O32. The summed E-state index contributed by atoms with van der Waals surface area (Å²) in [6.07, 6.45) is -47.4. The maximum Gasteiger partial charge on any atom is 0.317 e. The number of aliphatic hydroxyl groups is 17. The van der Waals surface area contributed by atoms with Gasteiger partial charge >= 0.3 is 17.9 Å². The molecule has 9 aliphatic heterocycles. The van der Waals surface area contributed by atoms with Gasteiger partial charge < -0.3 is 144 Å². The summed E-state index contributed by atoms with van der Waals surface area (Å²) in [5, 5.41) is 194. The zero-order chi connectivity index (χ0) is 70.9. The summed E-state index contributed by atoms with van der Waals surface area (Å²) in [5.74, 6) is -4.85. The smallest absolute Gasteiger partial charge is 0.317 e. The van der Waals surface area contributed by atoms with Gasteiger partial charge in [-0.1, -0.05) is 53.2 Å². The van der Waals surface area contributed by atoms with Crippen LogP contribution in [-0.4, -0.2) is 309 Å². The molecule has 97 heavy (non-hydrogen) atoms. The molecule has 0 radical (unpaired) electrons. The molecule has 0 amide bonds. The molecule has 554 valence electrons. The molecular weight excluding hydrogens is 1290 g/mol. The van der Waals surface area contributed by atoms with Gasteiger partial charge in [0.1, 0.15) is 110 Å². The summed E-state index contributed by atoms with van der Waals surface area (Å²) < 4.78 is 72.2. The third kappa shape index (κ3) is 13.0. The van der Waals surface area contributed by atoms with Crippen LogP contribution < -0.4 is 0 Å². The Kier molecular flexibility index (Phi) is 21.4. The first-order valence-electron chi connectivity index (χ1n) is 33.9. The molecule has 11 fully saturated rings. The van der Waals surface area contributed by atoms with Crippen LogP contribution in [0.4, 0.5) is 0 Å². The molecule has 5 aliphatic carbocycles. The average Bonchev–Trinajstić information content (AvgIpc) is 0.670. The molecule has 32 nitrogen and oxygen atoms in total. The second kappa shape index (κ2) is 27.6. The highest BCUT2D eigenvalue weighted by molar-refractivity contribution is 5.80. The van der Waals surface area contributed by atoms with E-state index in [1.165, 1.54) is 6.92 Å². The van der Waals surface area contributed by atoms with E-state index in [0.29, 0.717) is 32.1 Å². The Hall–Kier alpha value is -2.89. The standard InChI is InChI=1S/C65H102O32/c1-25-48-49(93-53-45(81)42(78)39(75)30(20-66)89-53)47(83)55(88-25)94-50-38(74)29(70)22-87-56(50)97-58(84)65-14-13-59(2,3)15-27(65)26-9-10-34-61(5)16-28(69)52(62(6,24-68)33(61)11-12-63(34,7)64(26,8)17-35(65)71)96-57-51(44(80)40(76)31(21-67)90-57)95-54-46(82)43(79)41(77)32(91-54)23-86-36(72)18-60(4,85)19-37(73)92-48/h9,25,27-35,38-57,66-71,74-83,85H,10-24H2,1-8H3/t25-,27?,28-,29-,30+,31+,32-,33?,34?,35+,38-,39+,40+,41-,42-,43+,44-,45+,46-,47+,48-,49-,50+,51+,52-,53-,54+,55-,56-,57-,60+,61-,62-,63+,64+,65?/m0/s1. The van der Waals surface area contributed by atoms with Gasteiger partial charge in [-0.3, -0.25) is 14.4 Å². The van der Waals surface area contributed by atoms with Gasteiger partial charge in [-0.05, 0) is 105 Å². The number of hydrogen-bond donors (Lipinski definition) is 17. The molecule has 0 aromatic rings. The number of carbonyl (C=O) groups excluding carboxylic acids is 3. The van der Waals surface area contributed by atoms with Gasteiger partial charge in [0.2, 0.25) is 6.29 Å². The Labute approximate surface area is 560 Å². The van der Waals surface area contributed by atoms with Crippen LogP contribution in [0, 0.1) is 50.2 Å². The Balaban J connectivity index is 0.969. The molecule has 14 rings (SSSR count). The lowest BCUT2D eigenvalue weighted by Gasteiger charge is -2.72. The van der Waals surface area contributed by atoms with E-state index in [1.807, 2.05) is 0 Å². The average molecular weight is 1400 g/mol. The Bertz CT molecular complexity index is 2850. The van der Waals surface area contributed by atoms with Crippen LogP contribution >= 0.6 is 0 Å². The van der Waals surface area contributed by atoms with Crippen molar-refractivity contribution in [3.05, 3.63) is 11.6 Å². The van der Waals surface area contributed by atoms with Gasteiger partial charge in [0.25, 0.3) is 0 Å². The third-order valence-electron chi connectivity index (χ3n) is 24.7. The Morgan fingerprint density at radius 2 is 1.19 bits per heavy atom. The van der Waals surface area contributed by atoms with Crippen LogP contribution in [0.3, 0.4) is 0 Å². The molecule has 9 heterocycles. The predicted octanol–water partition coefficient (Wildman–Crippen LogP) is -4.98. The molecule has 1 spiro atoms. The number of hydrogen-bond acceptors (Lipinski definition) is 32. The van der Waals surface area contributed by atoms with Gasteiger partial charge in [-0.15, -0.1) is 0 Å². The predicted molar refractivity (Wildman–Crippen MR) is 320 cm³/mol. The van der Waals surface area contributed by atoms with Crippen molar-refractivity contribution in [2.75, 3.05) is 33.0 Å². The van der Waals surface area contributed by atoms with Crippen molar-refractivity contribution < 1.29 is 158 Å². The number of esters is 3. The first kappa shape index (κ1) is 75.3. The van der Waals surface area contributed by atoms with Crippen LogP contribution in [0.25, 0.3) is 0 Å². The van der Waals surface area contributed by atoms with Gasteiger partial charge in [0.05, 0.1) is 69.3 Å². The fourth-order valence-corrected chi connectivity index (χ4v) is 19.1. The van der Waals surface area contributed by atoms with Crippen LogP contribution in [0.1, 0.15) is 120 Å². The summed E-state index contributed by atoms with van der Waals surface area (Å²) in [6, 6.07) is 0. The first-order chi connectivity index (χ1) is 45.3. The molecule has 17 N–H and O–H groups in total. The SMILES string of the molecule is C[C@@H]1O[C@H]2O[C@H]3[C@@H](OC[C@H](O)[C@@H]3O)OC(=O)C34CCC(C)(C)CC3C3=CCC5[C@@]6(C)C[C@H](O)[C@H](O[C@@H]7O[C@H](CO)[C@@H](O)[C@H](O)[C@H]7O[C@H]7O[C@@H](COC(=O)C[C@@](C)(O)CC(=O)O[C@@H]1[C@@H](O[C@@H]1O[C@H](CO)[C@@H](O)[C@H](O)[C@H]1O)[C@H]2O)[C@H](O)[C@@H](O)[C@@H]7O)[C@@](C)(CO)C6CC[C@@]5(C)[C@]3(C)C[C@H]4O. The normalized spacial score (nSPS) is 54.7. The van der Waals surface area contributed by atoms with Crippen LogP contribution in [0.15, 0.2) is 11.6 Å². The van der Waals surface area contributed by atoms with Crippen LogP contribution in [-0.2, 0) is 71.2 Å². The topological polar surface area (TPSA) is 506 Å². The molecule has 32 heteroatoms. The second-order valence-electron chi connectivity index (χ2n) is 31.5. The lowest BCUT2D eigenvalue weighted by molar-refractivity contribution is -0.384. The lowest BCUT2D eigenvalue weighted by atomic mass is 9.33. The minimum absolute atomic E-state index is 0.0397. The largest absolute Gasteiger partial charge is 0.463 e. The molecule has 7 saturated heterocycles. The highest BCUT2D eigenvalue weighted by Gasteiger charge is 2.74. The van der Waals surface area contributed by atoms with Crippen molar-refractivity contribution in [3.8, 4) is 0 Å². The number of rotatable bonds is 5. The van der Waals surface area contributed by atoms with Gasteiger partial charge in [-0.25, -0.2) is 0 Å². The summed E-state index contributed by atoms with van der Waals surface area (Å²) in [6.45, 7) is 10.6. The molecule has 36 atom stereocenters. The van der Waals surface area contributed by atoms with Crippen molar-refractivity contribution in [3.63, 3.8) is 0 Å². The molecule has 0 aromatic heterocycles. The molecule has 14 aliphatic rings. The summed E-state index contributed by atoms with van der Waals surface area (Å²) in [4.78, 5) is 43.3. The second-order valence-corrected chi connectivity index (χ2v) is 31.5. The molecule has 4 saturated carbocycles. The molecule has 4 unspecified atom stereocenters. The Morgan fingerprint density at radius 3 is 1.86 bits per heavy atom. The van der Waals surface area contributed by atoms with Gasteiger partial charge in [0.15, 0.2) is 37.4 Å². The first-order valence-corrected chi connectivity index (χ1v) is 33.9. The number of ether oxygens (including phenoxy) is 12. The van der Waals surface area contributed by atoms with E-state index in [0.717, 1.165) is 12.5 Å². The maximum atomic E-state index is 15.7. The summed E-state index contributed by atoms with van der Waals surface area (Å²) in [7, 11) is 0. The minimum Gasteiger partial charge on any atom is -0.463 e. The summed E-state index contributed by atoms with van der Waals surface area (Å²) in [5.41, 5.74) is -7.18. The summed E-state index contributed by atoms with van der Waals surface area (Å²) >= 11 is 0. The quantitative estimate of drug-likeness (QED) is 0.0530. The zero-order valence-electron chi connectivity index (χ0n) is 55.7. The fraction of sp³-hybridized carbons (Fsp3) is 0.923. The van der Waals surface area contributed by atoms with E-state index in [1.54, 1.807) is 6.92 Å². The van der Waals surface area contributed by atoms with Crippen molar-refractivity contribution in [2.45, 2.75) is 291 Å². The fourth-order valence-electron chi connectivity index (χ4n) is 19.1. The van der Waals surface area contributed by atoms with E-state index >= 15 is 4.79 Å². The highest BCUT2D eigenvalue weighted by Crippen LogP contribution is 2.76. The van der Waals surface area contributed by atoms with Crippen molar-refractivity contribution in [1.82, 2.24) is 0 Å². The van der Waals surface area contributed by atoms with Gasteiger partial charge in [-0.2, -0.15) is 0 Å². The molecule has 0 aromatic carbocycles. The lowest BCUT2D eigenvalue weighted by Crippen LogP contribution is -2.71. The van der Waals surface area contributed by atoms with Crippen molar-refractivity contribution in [2.24, 2.45) is 50.2 Å². The van der Waals surface area contributed by atoms with Crippen LogP contribution in [0.2, 0.25) is 0 Å². The van der Waals surface area contributed by atoms with E-state index in [4.69, 9.17) is 56.8 Å². The molecule has 12 bridgehead atoms. The minimum atomic E-state index is -2.36.